The normalized spacial score (nSPS) is 14.7. The number of halogens is 1. The number of anilines is 1. The van der Waals surface area contributed by atoms with E-state index in [0.29, 0.717) is 31.5 Å². The molecular weight excluding hydrogens is 508 g/mol. The molecule has 0 radical (unpaired) electrons. The molecule has 0 aliphatic heterocycles. The predicted octanol–water partition coefficient (Wildman–Crippen LogP) is 0.907. The SMILES string of the molecule is [2H]C(=O)[C@@H](C)NC(=O)[C@H](CCCCN)CC(=O)[C@@H](NC(=O)c1ccc(NC(=O)CBr)cc1)[C@@H](C)O. The number of aliphatic hydroxyl groups is 1. The number of amides is 3. The Bertz CT molecular complexity index is 897. The fourth-order valence-corrected chi connectivity index (χ4v) is 3.33. The van der Waals surface area contributed by atoms with Crippen molar-refractivity contribution >= 4 is 51.4 Å². The van der Waals surface area contributed by atoms with E-state index in [9.17, 15) is 29.1 Å². The van der Waals surface area contributed by atoms with Gasteiger partial charge >= 0.3 is 0 Å². The first kappa shape index (κ1) is 27.6. The highest BCUT2D eigenvalue weighted by Crippen LogP contribution is 2.17. The van der Waals surface area contributed by atoms with E-state index in [1.54, 1.807) is 0 Å². The third-order valence-corrected chi connectivity index (χ3v) is 5.54. The number of hydrogen-bond acceptors (Lipinski definition) is 7. The van der Waals surface area contributed by atoms with E-state index in [0.717, 1.165) is 0 Å². The van der Waals surface area contributed by atoms with Gasteiger partial charge in [-0.1, -0.05) is 22.4 Å². The first-order chi connectivity index (χ1) is 16.5. The summed E-state index contributed by atoms with van der Waals surface area (Å²) in [6, 6.07) is 3.69. The van der Waals surface area contributed by atoms with Gasteiger partial charge in [-0.2, -0.15) is 0 Å². The molecule has 34 heavy (non-hydrogen) atoms. The molecule has 0 unspecified atom stereocenters. The molecule has 1 aromatic rings. The lowest BCUT2D eigenvalue weighted by Gasteiger charge is -2.23. The summed E-state index contributed by atoms with van der Waals surface area (Å²) < 4.78 is 7.13. The molecule has 0 saturated carbocycles. The summed E-state index contributed by atoms with van der Waals surface area (Å²) in [5, 5.41) is 17.8. The van der Waals surface area contributed by atoms with Gasteiger partial charge in [-0.25, -0.2) is 0 Å². The molecule has 0 saturated heterocycles. The second-order valence-electron chi connectivity index (χ2n) is 7.95. The van der Waals surface area contributed by atoms with Crippen LogP contribution in [0.2, 0.25) is 0 Å². The lowest BCUT2D eigenvalue weighted by atomic mass is 9.91. The number of aliphatic hydroxyl groups excluding tert-OH is 1. The Hall–Kier alpha value is -2.63. The van der Waals surface area contributed by atoms with E-state index in [1.165, 1.54) is 38.1 Å². The molecule has 6 N–H and O–H groups in total. The minimum Gasteiger partial charge on any atom is -0.391 e. The molecule has 10 nitrogen and oxygen atoms in total. The fourth-order valence-electron chi connectivity index (χ4n) is 3.19. The highest BCUT2D eigenvalue weighted by atomic mass is 79.9. The molecule has 0 fully saturated rings. The van der Waals surface area contributed by atoms with E-state index in [-0.39, 0.29) is 23.2 Å². The lowest BCUT2D eigenvalue weighted by Crippen LogP contribution is -2.49. The average Bonchev–Trinajstić information content (AvgIpc) is 2.81. The molecule has 0 aliphatic rings. The van der Waals surface area contributed by atoms with Crippen LogP contribution in [0.15, 0.2) is 24.3 Å². The monoisotopic (exact) mass is 541 g/mol. The zero-order chi connectivity index (χ0) is 26.5. The van der Waals surface area contributed by atoms with Crippen molar-refractivity contribution in [2.45, 2.75) is 57.7 Å². The van der Waals surface area contributed by atoms with Crippen LogP contribution in [0.1, 0.15) is 51.3 Å². The number of carbonyl (C=O) groups is 5. The van der Waals surface area contributed by atoms with E-state index in [1.807, 2.05) is 0 Å². The maximum atomic E-state index is 13.0. The number of hydrogen-bond donors (Lipinski definition) is 5. The molecule has 1 aromatic carbocycles. The highest BCUT2D eigenvalue weighted by Gasteiger charge is 2.30. The Morgan fingerprint density at radius 2 is 1.79 bits per heavy atom. The first-order valence-electron chi connectivity index (χ1n) is 11.5. The summed E-state index contributed by atoms with van der Waals surface area (Å²) in [6.07, 6.45) is -0.955. The molecule has 0 aliphatic carbocycles. The molecule has 0 heterocycles. The summed E-state index contributed by atoms with van der Waals surface area (Å²) in [5.74, 6) is -2.78. The number of nitrogens with two attached hydrogens (primary N) is 1. The quantitative estimate of drug-likeness (QED) is 0.125. The molecule has 0 aromatic heterocycles. The molecule has 4 atom stereocenters. The number of alkyl halides is 1. The van der Waals surface area contributed by atoms with Gasteiger partial charge in [0.25, 0.3) is 5.91 Å². The minimum atomic E-state index is -1.27. The van der Waals surface area contributed by atoms with Crippen molar-refractivity contribution in [2.24, 2.45) is 11.7 Å². The molecule has 1 rings (SSSR count). The van der Waals surface area contributed by atoms with Crippen LogP contribution in [0, 0.1) is 5.92 Å². The van der Waals surface area contributed by atoms with Crippen molar-refractivity contribution < 1.29 is 30.4 Å². The Morgan fingerprint density at radius 3 is 2.32 bits per heavy atom. The Balaban J connectivity index is 2.92. The van der Waals surface area contributed by atoms with Gasteiger partial charge in [0.05, 0.1) is 17.5 Å². The van der Waals surface area contributed by atoms with Crippen molar-refractivity contribution in [3.8, 4) is 0 Å². The van der Waals surface area contributed by atoms with Crippen LogP contribution in [0.4, 0.5) is 5.69 Å². The maximum Gasteiger partial charge on any atom is 0.251 e. The summed E-state index contributed by atoms with van der Waals surface area (Å²) in [4.78, 5) is 61.0. The topological polar surface area (TPSA) is 168 Å². The van der Waals surface area contributed by atoms with Gasteiger partial charge in [-0.15, -0.1) is 0 Å². The van der Waals surface area contributed by atoms with Gasteiger partial charge in [0.1, 0.15) is 13.7 Å². The number of ketones is 1. The van der Waals surface area contributed by atoms with Gasteiger partial charge in [-0.05, 0) is 57.5 Å². The van der Waals surface area contributed by atoms with Gasteiger partial charge < -0.3 is 31.6 Å². The van der Waals surface area contributed by atoms with E-state index < -0.39 is 48.0 Å². The number of unbranched alkanes of at least 4 members (excludes halogenated alkanes) is 1. The van der Waals surface area contributed by atoms with Gasteiger partial charge in [0.15, 0.2) is 5.78 Å². The van der Waals surface area contributed by atoms with Crippen LogP contribution in [-0.4, -0.2) is 64.9 Å². The highest BCUT2D eigenvalue weighted by molar-refractivity contribution is 9.09. The molecule has 0 bridgehead atoms. The first-order valence-corrected chi connectivity index (χ1v) is 12.1. The van der Waals surface area contributed by atoms with E-state index in [2.05, 4.69) is 31.9 Å². The van der Waals surface area contributed by atoms with Crippen LogP contribution < -0.4 is 21.7 Å². The van der Waals surface area contributed by atoms with Crippen LogP contribution in [0.5, 0.6) is 0 Å². The van der Waals surface area contributed by atoms with Gasteiger partial charge in [0.2, 0.25) is 11.8 Å². The van der Waals surface area contributed by atoms with Crippen molar-refractivity contribution in [3.63, 3.8) is 0 Å². The number of Topliss-reactive ketones (excluding diaryl/α,β-unsaturated/α-hetero) is 1. The summed E-state index contributed by atoms with van der Waals surface area (Å²) in [6.45, 7) is 3.14. The number of rotatable bonds is 15. The third kappa shape index (κ3) is 10.1. The smallest absolute Gasteiger partial charge is 0.251 e. The van der Waals surface area contributed by atoms with Crippen LogP contribution in [0.3, 0.4) is 0 Å². The van der Waals surface area contributed by atoms with Gasteiger partial charge in [-0.3, -0.25) is 19.2 Å². The Labute approximate surface area is 208 Å². The van der Waals surface area contributed by atoms with Crippen molar-refractivity contribution in [1.82, 2.24) is 10.6 Å². The van der Waals surface area contributed by atoms with Crippen LogP contribution in [0.25, 0.3) is 0 Å². The molecule has 3 amide bonds. The minimum absolute atomic E-state index is 0.122. The zero-order valence-corrected chi connectivity index (χ0v) is 20.9. The molecule has 0 spiro atoms. The fraction of sp³-hybridized carbons (Fsp3) is 0.522. The van der Waals surface area contributed by atoms with Crippen molar-refractivity contribution in [1.29, 1.82) is 0 Å². The largest absolute Gasteiger partial charge is 0.391 e. The summed E-state index contributed by atoms with van der Waals surface area (Å²) in [5.41, 5.74) is 6.21. The second-order valence-corrected chi connectivity index (χ2v) is 8.51. The van der Waals surface area contributed by atoms with Crippen molar-refractivity contribution in [2.75, 3.05) is 17.2 Å². The third-order valence-electron chi connectivity index (χ3n) is 5.03. The zero-order valence-electron chi connectivity index (χ0n) is 20.3. The Morgan fingerprint density at radius 1 is 1.15 bits per heavy atom. The standard InChI is InChI=1S/C23H33BrN4O6/c1-14(13-29)26-23(34)17(5-3-4-10-25)11-19(31)21(15(2)30)28-22(33)16-6-8-18(9-7-16)27-20(32)12-24/h6-9,13-15,17,21,30H,3-5,10-12,25H2,1-2H3,(H,26,34)(H,27,32)(H,28,33)/t14-,15-,17-,21+/m1/s1/i13D. The lowest BCUT2D eigenvalue weighted by molar-refractivity contribution is -0.132. The number of carbonyl (C=O) groups excluding carboxylic acids is 5. The predicted molar refractivity (Wildman–Crippen MR) is 131 cm³/mol. The van der Waals surface area contributed by atoms with Crippen molar-refractivity contribution in [3.05, 3.63) is 29.8 Å². The molecule has 188 valence electrons. The van der Waals surface area contributed by atoms with Crippen LogP contribution in [-0.2, 0) is 19.2 Å². The number of benzene rings is 1. The summed E-state index contributed by atoms with van der Waals surface area (Å²) >= 11 is 3.04. The summed E-state index contributed by atoms with van der Waals surface area (Å²) in [7, 11) is 0. The van der Waals surface area contributed by atoms with E-state index >= 15 is 0 Å². The second kappa shape index (κ2) is 15.3. The van der Waals surface area contributed by atoms with Gasteiger partial charge in [0, 0.05) is 23.6 Å². The molecule has 11 heteroatoms. The van der Waals surface area contributed by atoms with Crippen LogP contribution >= 0.6 is 15.9 Å². The molecular formula is C23H33BrN4O6. The average molecular weight is 542 g/mol. The van der Waals surface area contributed by atoms with E-state index in [4.69, 9.17) is 7.10 Å². The Kier molecular flexibility index (Phi) is 12.4. The number of aldehydes is 1. The number of nitrogens with one attached hydrogen (secondary N) is 3. The maximum absolute atomic E-state index is 13.0.